The van der Waals surface area contributed by atoms with Crippen LogP contribution in [-0.4, -0.2) is 32.8 Å². The van der Waals surface area contributed by atoms with Crippen LogP contribution in [0.5, 0.6) is 0 Å². The Balaban J connectivity index is 1.55. The van der Waals surface area contributed by atoms with Crippen molar-refractivity contribution in [2.75, 3.05) is 0 Å². The molecule has 2 aromatic carbocycles. The topological polar surface area (TPSA) is 64.3 Å². The summed E-state index contributed by atoms with van der Waals surface area (Å²) in [5.41, 5.74) is 3.14. The van der Waals surface area contributed by atoms with Gasteiger partial charge < -0.3 is 14.4 Å². The normalized spacial score (nSPS) is 20.9. The molecule has 0 radical (unpaired) electrons. The molecule has 1 aliphatic carbocycles. The number of hydrogen-bond donors (Lipinski definition) is 1. The van der Waals surface area contributed by atoms with E-state index in [1.807, 2.05) is 6.08 Å². The third kappa shape index (κ3) is 4.73. The lowest BCUT2D eigenvalue weighted by atomic mass is 10.0. The zero-order valence-corrected chi connectivity index (χ0v) is 18.0. The van der Waals surface area contributed by atoms with Gasteiger partial charge in [0.1, 0.15) is 23.6 Å². The van der Waals surface area contributed by atoms with Gasteiger partial charge >= 0.3 is 5.97 Å². The summed E-state index contributed by atoms with van der Waals surface area (Å²) in [6.45, 7) is 0.469. The molecule has 1 N–H and O–H groups in total. The summed E-state index contributed by atoms with van der Waals surface area (Å²) in [5.74, 6) is 0.208. The number of esters is 1. The molecule has 0 bridgehead atoms. The summed E-state index contributed by atoms with van der Waals surface area (Å²) in [5, 5.41) is 9.85. The van der Waals surface area contributed by atoms with Gasteiger partial charge in [0.25, 0.3) is 0 Å². The number of halogens is 2. The van der Waals surface area contributed by atoms with Crippen molar-refractivity contribution < 1.29 is 23.4 Å². The summed E-state index contributed by atoms with van der Waals surface area (Å²) < 4.78 is 34.6. The number of cyclic esters (lactones) is 1. The maximum absolute atomic E-state index is 13.6. The number of aliphatic hydroxyl groups excluding tert-OH is 1. The first kappa shape index (κ1) is 21.5. The number of aliphatic hydroxyl groups is 1. The molecule has 1 aliphatic heterocycles. The minimum absolute atomic E-state index is 0.0213. The first-order valence-corrected chi connectivity index (χ1v) is 11.1. The van der Waals surface area contributed by atoms with Crippen LogP contribution in [0.25, 0.3) is 22.5 Å². The van der Waals surface area contributed by atoms with E-state index in [-0.39, 0.29) is 18.1 Å². The second-order valence-corrected chi connectivity index (χ2v) is 8.62. The molecule has 1 saturated carbocycles. The molecule has 2 atom stereocenters. The van der Waals surface area contributed by atoms with Crippen LogP contribution in [0.1, 0.15) is 37.4 Å². The van der Waals surface area contributed by atoms with Crippen LogP contribution in [0.3, 0.4) is 0 Å². The number of rotatable bonds is 6. The lowest BCUT2D eigenvalue weighted by Gasteiger charge is -2.23. The molecule has 2 aliphatic rings. The van der Waals surface area contributed by atoms with Gasteiger partial charge in [-0.25, -0.2) is 13.8 Å². The van der Waals surface area contributed by atoms with Crippen molar-refractivity contribution in [3.63, 3.8) is 0 Å². The standard InChI is InChI=1S/C26H24F2N2O3/c27-19-9-5-16(6-10-19)24-25(17-7-11-20(28)12-8-17)30(26(29-24)18-3-4-18)13-1-2-22-14-21(31)15-23(32)33-22/h1-2,5-12,18,21-22,31H,3-4,13-15H2/b2-1+. The fraction of sp³-hybridized carbons (Fsp3) is 0.308. The molecule has 2 fully saturated rings. The van der Waals surface area contributed by atoms with E-state index >= 15 is 0 Å². The van der Waals surface area contributed by atoms with Crippen molar-refractivity contribution in [1.82, 2.24) is 9.55 Å². The maximum atomic E-state index is 13.6. The quantitative estimate of drug-likeness (QED) is 0.424. The number of hydrogen-bond acceptors (Lipinski definition) is 4. The largest absolute Gasteiger partial charge is 0.458 e. The van der Waals surface area contributed by atoms with Gasteiger partial charge in [-0.2, -0.15) is 0 Å². The summed E-state index contributed by atoms with van der Waals surface area (Å²) in [6.07, 6.45) is 5.00. The van der Waals surface area contributed by atoms with Crippen LogP contribution in [0.2, 0.25) is 0 Å². The number of nitrogens with zero attached hydrogens (tertiary/aromatic N) is 2. The molecule has 2 heterocycles. The summed E-state index contributed by atoms with van der Waals surface area (Å²) in [6, 6.07) is 12.5. The highest BCUT2D eigenvalue weighted by Gasteiger charge is 2.32. The number of ether oxygens (including phenoxy) is 1. The Bertz CT molecular complexity index is 1180. The van der Waals surface area contributed by atoms with E-state index in [1.165, 1.54) is 24.3 Å². The molecule has 7 heteroatoms. The van der Waals surface area contributed by atoms with E-state index in [4.69, 9.17) is 9.72 Å². The highest BCUT2D eigenvalue weighted by atomic mass is 19.1. The first-order chi connectivity index (χ1) is 16.0. The molecule has 3 aromatic rings. The first-order valence-electron chi connectivity index (χ1n) is 11.1. The number of carbonyl (C=O) groups excluding carboxylic acids is 1. The summed E-state index contributed by atoms with van der Waals surface area (Å²) in [4.78, 5) is 16.6. The van der Waals surface area contributed by atoms with Gasteiger partial charge in [0, 0.05) is 30.0 Å². The predicted octanol–water partition coefficient (Wildman–Crippen LogP) is 5.00. The van der Waals surface area contributed by atoms with Crippen LogP contribution in [0, 0.1) is 11.6 Å². The Morgan fingerprint density at radius 1 is 1.03 bits per heavy atom. The molecule has 1 saturated heterocycles. The fourth-order valence-electron chi connectivity index (χ4n) is 4.26. The van der Waals surface area contributed by atoms with Gasteiger partial charge in [-0.15, -0.1) is 0 Å². The molecule has 33 heavy (non-hydrogen) atoms. The minimum Gasteiger partial charge on any atom is -0.458 e. The second-order valence-electron chi connectivity index (χ2n) is 8.62. The van der Waals surface area contributed by atoms with Crippen LogP contribution in [0.4, 0.5) is 8.78 Å². The van der Waals surface area contributed by atoms with Crippen molar-refractivity contribution in [3.8, 4) is 22.5 Å². The minimum atomic E-state index is -0.698. The Kier molecular flexibility index (Phi) is 5.81. The number of carbonyl (C=O) groups is 1. The Hall–Kier alpha value is -3.32. The number of aromatic nitrogens is 2. The van der Waals surface area contributed by atoms with E-state index in [0.29, 0.717) is 18.9 Å². The van der Waals surface area contributed by atoms with Crippen molar-refractivity contribution in [3.05, 3.63) is 78.1 Å². The number of benzene rings is 2. The molecule has 0 spiro atoms. The number of imidazole rings is 1. The van der Waals surface area contributed by atoms with Gasteiger partial charge in [-0.3, -0.25) is 4.79 Å². The predicted molar refractivity (Wildman–Crippen MR) is 119 cm³/mol. The average Bonchev–Trinajstić information content (AvgIpc) is 3.56. The Morgan fingerprint density at radius 3 is 2.27 bits per heavy atom. The zero-order chi connectivity index (χ0) is 22.9. The molecule has 1 aromatic heterocycles. The number of allylic oxidation sites excluding steroid dienone is 1. The zero-order valence-electron chi connectivity index (χ0n) is 18.0. The molecule has 0 amide bonds. The molecule has 2 unspecified atom stereocenters. The fourth-order valence-corrected chi connectivity index (χ4v) is 4.26. The highest BCUT2D eigenvalue weighted by molar-refractivity contribution is 5.79. The lowest BCUT2D eigenvalue weighted by molar-refractivity contribution is -0.156. The van der Waals surface area contributed by atoms with Gasteiger partial charge in [-0.05, 0) is 67.4 Å². The van der Waals surface area contributed by atoms with Gasteiger partial charge in [0.2, 0.25) is 0 Å². The van der Waals surface area contributed by atoms with E-state index < -0.39 is 18.2 Å². The van der Waals surface area contributed by atoms with E-state index in [0.717, 1.165) is 41.2 Å². The Labute approximate surface area is 190 Å². The average molecular weight is 450 g/mol. The van der Waals surface area contributed by atoms with Crippen LogP contribution >= 0.6 is 0 Å². The van der Waals surface area contributed by atoms with Crippen molar-refractivity contribution in [1.29, 1.82) is 0 Å². The molecule has 170 valence electrons. The lowest BCUT2D eigenvalue weighted by Crippen LogP contribution is -2.31. The summed E-state index contributed by atoms with van der Waals surface area (Å²) >= 11 is 0. The third-order valence-electron chi connectivity index (χ3n) is 6.00. The van der Waals surface area contributed by atoms with Gasteiger partial charge in [0.15, 0.2) is 0 Å². The van der Waals surface area contributed by atoms with Gasteiger partial charge in [-0.1, -0.05) is 6.08 Å². The highest BCUT2D eigenvalue weighted by Crippen LogP contribution is 2.44. The molecule has 5 nitrogen and oxygen atoms in total. The molecule has 5 rings (SSSR count). The van der Waals surface area contributed by atoms with Crippen LogP contribution in [0.15, 0.2) is 60.7 Å². The SMILES string of the molecule is O=C1CC(O)CC(/C=C/Cn2c(C3CC3)nc(-c3ccc(F)cc3)c2-c2ccc(F)cc2)O1. The van der Waals surface area contributed by atoms with Crippen molar-refractivity contribution in [2.45, 2.75) is 50.4 Å². The van der Waals surface area contributed by atoms with Gasteiger partial charge in [0.05, 0.1) is 23.9 Å². The van der Waals surface area contributed by atoms with E-state index in [9.17, 15) is 18.7 Å². The van der Waals surface area contributed by atoms with E-state index in [2.05, 4.69) is 4.57 Å². The molecular weight excluding hydrogens is 426 g/mol. The summed E-state index contributed by atoms with van der Waals surface area (Å²) in [7, 11) is 0. The van der Waals surface area contributed by atoms with Crippen molar-refractivity contribution in [2.24, 2.45) is 0 Å². The van der Waals surface area contributed by atoms with Crippen LogP contribution < -0.4 is 0 Å². The Morgan fingerprint density at radius 2 is 1.67 bits per heavy atom. The van der Waals surface area contributed by atoms with E-state index in [1.54, 1.807) is 30.3 Å². The maximum Gasteiger partial charge on any atom is 0.309 e. The van der Waals surface area contributed by atoms with Crippen LogP contribution in [-0.2, 0) is 16.1 Å². The smallest absolute Gasteiger partial charge is 0.309 e. The third-order valence-corrected chi connectivity index (χ3v) is 6.00. The monoisotopic (exact) mass is 450 g/mol. The second kappa shape index (κ2) is 8.90. The molecular formula is C26H24F2N2O3. The van der Waals surface area contributed by atoms with Crippen molar-refractivity contribution >= 4 is 5.97 Å².